The van der Waals surface area contributed by atoms with Gasteiger partial charge in [0.1, 0.15) is 17.2 Å². The average molecular weight is 586 g/mol. The Morgan fingerprint density at radius 2 is 1.73 bits per heavy atom. The van der Waals surface area contributed by atoms with Gasteiger partial charge in [0.05, 0.1) is 23.3 Å². The number of hydrogen-bond donors (Lipinski definition) is 3. The van der Waals surface area contributed by atoms with Crippen LogP contribution in [0.15, 0.2) is 89.9 Å². The SMILES string of the molecule is Cc1cc(-c2cccnn2)ccc1-c1nc(Nc2cccc(NS(C)(=O)=O)c2)c(C=N)c(=O)n1-c1ccc(Cl)cc1. The summed E-state index contributed by atoms with van der Waals surface area (Å²) in [5, 5.41) is 19.8. The minimum absolute atomic E-state index is 0.0130. The van der Waals surface area contributed by atoms with Crippen molar-refractivity contribution >= 4 is 45.0 Å². The number of halogens is 1. The zero-order chi connectivity index (χ0) is 29.1. The van der Waals surface area contributed by atoms with Crippen molar-refractivity contribution in [1.29, 1.82) is 5.41 Å². The Morgan fingerprint density at radius 1 is 0.976 bits per heavy atom. The average Bonchev–Trinajstić information content (AvgIpc) is 2.93. The highest BCUT2D eigenvalue weighted by atomic mass is 35.5. The van der Waals surface area contributed by atoms with Gasteiger partial charge in [0.2, 0.25) is 10.0 Å². The molecule has 0 aliphatic rings. The maximum Gasteiger partial charge on any atom is 0.269 e. The fourth-order valence-electron chi connectivity index (χ4n) is 4.31. The van der Waals surface area contributed by atoms with Crippen molar-refractivity contribution in [1.82, 2.24) is 19.7 Å². The lowest BCUT2D eigenvalue weighted by Gasteiger charge is -2.18. The van der Waals surface area contributed by atoms with E-state index in [4.69, 9.17) is 22.0 Å². The van der Waals surface area contributed by atoms with Crippen LogP contribution in [0.2, 0.25) is 5.02 Å². The lowest BCUT2D eigenvalue weighted by molar-refractivity contribution is 0.607. The van der Waals surface area contributed by atoms with Crippen molar-refractivity contribution in [3.63, 3.8) is 0 Å². The molecule has 0 saturated heterocycles. The van der Waals surface area contributed by atoms with Crippen molar-refractivity contribution in [2.45, 2.75) is 6.92 Å². The summed E-state index contributed by atoms with van der Waals surface area (Å²) in [5.74, 6) is 0.471. The highest BCUT2D eigenvalue weighted by molar-refractivity contribution is 7.92. The van der Waals surface area contributed by atoms with Crippen LogP contribution in [0.4, 0.5) is 17.2 Å². The number of aromatic nitrogens is 4. The standard InChI is InChI=1S/C29H24ClN7O3S/c1-18-15-19(26-7-4-14-32-35-26)8-13-24(18)28-34-27(33-21-5-3-6-22(16-21)36-41(2,39)40)25(17-31)29(38)37(28)23-11-9-20(30)10-12-23/h3-17,31,33,36H,1-2H3. The van der Waals surface area contributed by atoms with E-state index in [1.807, 2.05) is 31.2 Å². The molecule has 3 N–H and O–H groups in total. The maximum absolute atomic E-state index is 13.9. The van der Waals surface area contributed by atoms with Gasteiger partial charge in [-0.15, -0.1) is 0 Å². The van der Waals surface area contributed by atoms with E-state index in [0.717, 1.165) is 23.6 Å². The van der Waals surface area contributed by atoms with Gasteiger partial charge in [0.25, 0.3) is 5.56 Å². The van der Waals surface area contributed by atoms with E-state index in [2.05, 4.69) is 20.2 Å². The van der Waals surface area contributed by atoms with Gasteiger partial charge in [-0.05, 0) is 73.2 Å². The van der Waals surface area contributed by atoms with Gasteiger partial charge in [-0.1, -0.05) is 29.8 Å². The van der Waals surface area contributed by atoms with Crippen LogP contribution in [0, 0.1) is 12.3 Å². The third kappa shape index (κ3) is 6.16. The number of anilines is 3. The Balaban J connectivity index is 1.69. The molecule has 0 fully saturated rings. The molecule has 2 aromatic heterocycles. The van der Waals surface area contributed by atoms with Crippen LogP contribution in [0.5, 0.6) is 0 Å². The topological polar surface area (TPSA) is 143 Å². The molecule has 12 heteroatoms. The Kier molecular flexibility index (Phi) is 7.64. The van der Waals surface area contributed by atoms with Gasteiger partial charge in [0.15, 0.2) is 0 Å². The molecule has 0 atom stereocenters. The maximum atomic E-state index is 13.9. The Labute approximate surface area is 241 Å². The third-order valence-electron chi connectivity index (χ3n) is 6.11. The quantitative estimate of drug-likeness (QED) is 0.206. The lowest BCUT2D eigenvalue weighted by atomic mass is 10.0. The first-order chi connectivity index (χ1) is 19.6. The summed E-state index contributed by atoms with van der Waals surface area (Å²) in [6, 6.07) is 22.6. The van der Waals surface area contributed by atoms with Gasteiger partial charge in [0, 0.05) is 34.2 Å². The van der Waals surface area contributed by atoms with Crippen LogP contribution >= 0.6 is 11.6 Å². The van der Waals surface area contributed by atoms with E-state index in [9.17, 15) is 13.2 Å². The summed E-state index contributed by atoms with van der Waals surface area (Å²) in [6.07, 6.45) is 3.60. The van der Waals surface area contributed by atoms with Crippen LogP contribution in [0.25, 0.3) is 28.3 Å². The summed E-state index contributed by atoms with van der Waals surface area (Å²) in [7, 11) is -3.50. The molecule has 2 heterocycles. The molecule has 0 aliphatic heterocycles. The van der Waals surface area contributed by atoms with Crippen LogP contribution in [0.1, 0.15) is 11.1 Å². The van der Waals surface area contributed by atoms with Gasteiger partial charge < -0.3 is 10.7 Å². The molecule has 0 saturated carbocycles. The third-order valence-corrected chi connectivity index (χ3v) is 6.97. The summed E-state index contributed by atoms with van der Waals surface area (Å²) >= 11 is 6.12. The first-order valence-electron chi connectivity index (χ1n) is 12.3. The monoisotopic (exact) mass is 585 g/mol. The molecule has 206 valence electrons. The van der Waals surface area contributed by atoms with Crippen LogP contribution < -0.4 is 15.6 Å². The fourth-order valence-corrected chi connectivity index (χ4v) is 4.99. The summed E-state index contributed by atoms with van der Waals surface area (Å²) in [6.45, 7) is 1.91. The van der Waals surface area contributed by atoms with Crippen molar-refractivity contribution in [3.05, 3.63) is 112 Å². The van der Waals surface area contributed by atoms with Crippen molar-refractivity contribution < 1.29 is 8.42 Å². The van der Waals surface area contributed by atoms with Gasteiger partial charge in [-0.25, -0.2) is 13.4 Å². The second-order valence-corrected chi connectivity index (χ2v) is 11.4. The van der Waals surface area contributed by atoms with E-state index in [1.165, 1.54) is 4.57 Å². The Bertz CT molecular complexity index is 1930. The van der Waals surface area contributed by atoms with Crippen molar-refractivity contribution in [3.8, 4) is 28.3 Å². The van der Waals surface area contributed by atoms with Gasteiger partial charge in [-0.3, -0.25) is 14.1 Å². The van der Waals surface area contributed by atoms with E-state index < -0.39 is 15.6 Å². The molecular formula is C29H24ClN7O3S. The van der Waals surface area contributed by atoms with E-state index >= 15 is 0 Å². The van der Waals surface area contributed by atoms with Gasteiger partial charge >= 0.3 is 0 Å². The molecule has 5 rings (SSSR count). The number of rotatable bonds is 8. The zero-order valence-corrected chi connectivity index (χ0v) is 23.5. The second-order valence-electron chi connectivity index (χ2n) is 9.18. The molecule has 10 nitrogen and oxygen atoms in total. The van der Waals surface area contributed by atoms with Crippen LogP contribution in [-0.2, 0) is 10.0 Å². The predicted molar refractivity (Wildman–Crippen MR) is 162 cm³/mol. The Hall–Kier alpha value is -4.87. The molecule has 0 radical (unpaired) electrons. The molecule has 0 unspecified atom stereocenters. The number of hydrogen-bond acceptors (Lipinski definition) is 8. The number of nitrogens with one attached hydrogen (secondary N) is 3. The predicted octanol–water partition coefficient (Wildman–Crippen LogP) is 5.43. The number of aryl methyl sites for hydroxylation is 1. The lowest BCUT2D eigenvalue weighted by Crippen LogP contribution is -2.27. The molecule has 0 spiro atoms. The number of benzene rings is 3. The molecule has 0 amide bonds. The van der Waals surface area contributed by atoms with Crippen LogP contribution in [-0.4, -0.2) is 40.6 Å². The molecule has 41 heavy (non-hydrogen) atoms. The summed E-state index contributed by atoms with van der Waals surface area (Å²) in [4.78, 5) is 18.8. The smallest absolute Gasteiger partial charge is 0.269 e. The second kappa shape index (κ2) is 11.3. The Morgan fingerprint density at radius 3 is 2.39 bits per heavy atom. The molecule has 0 bridgehead atoms. The number of sulfonamides is 1. The minimum atomic E-state index is -3.50. The molecule has 5 aromatic rings. The van der Waals surface area contributed by atoms with E-state index in [0.29, 0.717) is 39.2 Å². The van der Waals surface area contributed by atoms with Crippen molar-refractivity contribution in [2.24, 2.45) is 0 Å². The number of nitrogens with zero attached hydrogens (tertiary/aromatic N) is 4. The molecule has 3 aromatic carbocycles. The fraction of sp³-hybridized carbons (Fsp3) is 0.0690. The molecule has 0 aliphatic carbocycles. The summed E-state index contributed by atoms with van der Waals surface area (Å²) < 4.78 is 27.3. The van der Waals surface area contributed by atoms with Crippen LogP contribution in [0.3, 0.4) is 0 Å². The molecular weight excluding hydrogens is 562 g/mol. The first kappa shape index (κ1) is 27.7. The highest BCUT2D eigenvalue weighted by Gasteiger charge is 2.20. The van der Waals surface area contributed by atoms with Gasteiger partial charge in [-0.2, -0.15) is 10.2 Å². The summed E-state index contributed by atoms with van der Waals surface area (Å²) in [5.41, 5.74) is 3.92. The largest absolute Gasteiger partial charge is 0.339 e. The minimum Gasteiger partial charge on any atom is -0.339 e. The van der Waals surface area contributed by atoms with E-state index in [1.54, 1.807) is 60.8 Å². The highest BCUT2D eigenvalue weighted by Crippen LogP contribution is 2.30. The first-order valence-corrected chi connectivity index (χ1v) is 14.6. The zero-order valence-electron chi connectivity index (χ0n) is 22.0. The van der Waals surface area contributed by atoms with Crippen molar-refractivity contribution in [2.75, 3.05) is 16.3 Å². The van der Waals surface area contributed by atoms with E-state index in [-0.39, 0.29) is 11.4 Å². The normalized spacial score (nSPS) is 11.2.